The van der Waals surface area contributed by atoms with Crippen molar-refractivity contribution in [3.05, 3.63) is 0 Å². The number of esters is 1. The average Bonchev–Trinajstić information content (AvgIpc) is 3.55. The van der Waals surface area contributed by atoms with Crippen LogP contribution >= 0.6 is 0 Å². The quantitative estimate of drug-likeness (QED) is 0.612. The lowest BCUT2D eigenvalue weighted by molar-refractivity contribution is -0.148. The number of likely N-dealkylation sites (tertiary alicyclic amines) is 1. The van der Waals surface area contributed by atoms with Crippen molar-refractivity contribution in [3.63, 3.8) is 0 Å². The normalized spacial score (nSPS) is 36.5. The van der Waals surface area contributed by atoms with E-state index in [0.717, 1.165) is 31.1 Å². The van der Waals surface area contributed by atoms with Crippen molar-refractivity contribution in [1.82, 2.24) is 10.2 Å². The molecule has 6 nitrogen and oxygen atoms in total. The van der Waals surface area contributed by atoms with Crippen molar-refractivity contribution in [2.45, 2.75) is 38.5 Å². The molecule has 3 saturated carbocycles. The van der Waals surface area contributed by atoms with Crippen LogP contribution in [0.1, 0.15) is 38.5 Å². The summed E-state index contributed by atoms with van der Waals surface area (Å²) in [4.78, 5) is 38.3. The topological polar surface area (TPSA) is 75.7 Å². The highest BCUT2D eigenvalue weighted by molar-refractivity contribution is 6.35. The zero-order chi connectivity index (χ0) is 17.6. The van der Waals surface area contributed by atoms with E-state index in [9.17, 15) is 14.4 Å². The second-order valence-corrected chi connectivity index (χ2v) is 8.49. The molecule has 3 aliphatic carbocycles. The van der Waals surface area contributed by atoms with Gasteiger partial charge in [-0.05, 0) is 68.1 Å². The highest BCUT2D eigenvalue weighted by Gasteiger charge is 2.48. The molecule has 1 heterocycles. The van der Waals surface area contributed by atoms with Crippen LogP contribution in [0.25, 0.3) is 0 Å². The molecule has 0 aromatic rings. The van der Waals surface area contributed by atoms with Crippen LogP contribution in [0, 0.1) is 35.5 Å². The summed E-state index contributed by atoms with van der Waals surface area (Å²) in [6.45, 7) is 1.42. The van der Waals surface area contributed by atoms with Crippen LogP contribution in [-0.4, -0.2) is 49.4 Å². The van der Waals surface area contributed by atoms with Gasteiger partial charge in [0.05, 0.1) is 13.0 Å². The summed E-state index contributed by atoms with van der Waals surface area (Å²) in [5.74, 6) is 1.43. The number of rotatable bonds is 4. The van der Waals surface area contributed by atoms with E-state index in [2.05, 4.69) is 5.32 Å². The minimum Gasteiger partial charge on any atom is -0.469 e. The maximum absolute atomic E-state index is 12.5. The van der Waals surface area contributed by atoms with Crippen LogP contribution in [0.2, 0.25) is 0 Å². The van der Waals surface area contributed by atoms with E-state index in [1.165, 1.54) is 26.4 Å². The first-order valence-electron chi connectivity index (χ1n) is 9.71. The predicted molar refractivity (Wildman–Crippen MR) is 90.2 cm³/mol. The van der Waals surface area contributed by atoms with Crippen LogP contribution < -0.4 is 5.32 Å². The summed E-state index contributed by atoms with van der Waals surface area (Å²) in [5, 5.41) is 2.84. The van der Waals surface area contributed by atoms with Crippen molar-refractivity contribution in [1.29, 1.82) is 0 Å². The van der Waals surface area contributed by atoms with E-state index >= 15 is 0 Å². The Bertz CT molecular complexity index is 574. The Morgan fingerprint density at radius 2 is 1.76 bits per heavy atom. The molecule has 4 aliphatic rings. The molecule has 25 heavy (non-hydrogen) atoms. The van der Waals surface area contributed by atoms with E-state index in [4.69, 9.17) is 4.74 Å². The molecule has 3 unspecified atom stereocenters. The number of hydrogen-bond acceptors (Lipinski definition) is 4. The lowest BCUT2D eigenvalue weighted by Gasteiger charge is -2.22. The second kappa shape index (κ2) is 6.61. The molecular weight excluding hydrogens is 320 g/mol. The first-order chi connectivity index (χ1) is 12.1. The number of methoxy groups -OCH3 is 1. The largest absolute Gasteiger partial charge is 0.469 e. The van der Waals surface area contributed by atoms with Crippen LogP contribution in [0.15, 0.2) is 0 Å². The monoisotopic (exact) mass is 348 g/mol. The Kier molecular flexibility index (Phi) is 4.46. The third-order valence-electron chi connectivity index (χ3n) is 6.78. The lowest BCUT2D eigenvalue weighted by atomic mass is 9.89. The molecule has 5 atom stereocenters. The number of carbonyl (C=O) groups is 3. The number of nitrogens with zero attached hydrogens (tertiary/aromatic N) is 1. The van der Waals surface area contributed by atoms with Crippen molar-refractivity contribution >= 4 is 17.8 Å². The smallest absolute Gasteiger partial charge is 0.311 e. The molecule has 0 aromatic heterocycles. The van der Waals surface area contributed by atoms with Gasteiger partial charge in [-0.2, -0.15) is 0 Å². The van der Waals surface area contributed by atoms with Crippen LogP contribution in [0.3, 0.4) is 0 Å². The number of hydrogen-bond donors (Lipinski definition) is 1. The highest BCUT2D eigenvalue weighted by Crippen LogP contribution is 2.51. The average molecular weight is 348 g/mol. The summed E-state index contributed by atoms with van der Waals surface area (Å²) >= 11 is 0. The molecular formula is C19H28N2O4. The van der Waals surface area contributed by atoms with Gasteiger partial charge in [-0.1, -0.05) is 0 Å². The molecule has 0 radical (unpaired) electrons. The first kappa shape index (κ1) is 16.9. The minimum absolute atomic E-state index is 0.148. The number of ether oxygens (including phenoxy) is 1. The molecule has 1 aliphatic heterocycles. The minimum atomic E-state index is -0.516. The van der Waals surface area contributed by atoms with Crippen LogP contribution in [0.4, 0.5) is 0 Å². The van der Waals surface area contributed by atoms with Gasteiger partial charge in [-0.15, -0.1) is 0 Å². The standard InChI is InChI=1S/C19H28N2O4/c1-25-19(24)16-10-21(9-15(16)12-4-5-12)18(23)17(22)20-8-11-2-3-13-7-14(13)6-11/h11-16H,2-10H2,1H3,(H,20,22)/t11?,13?,14?,15-,16+/m0/s1. The molecule has 4 fully saturated rings. The van der Waals surface area contributed by atoms with Gasteiger partial charge in [-0.3, -0.25) is 14.4 Å². The van der Waals surface area contributed by atoms with Gasteiger partial charge < -0.3 is 15.0 Å². The summed E-state index contributed by atoms with van der Waals surface area (Å²) in [6.07, 6.45) is 7.20. The second-order valence-electron chi connectivity index (χ2n) is 8.49. The zero-order valence-electron chi connectivity index (χ0n) is 14.9. The fraction of sp³-hybridized carbons (Fsp3) is 0.842. The molecule has 1 saturated heterocycles. The number of nitrogens with one attached hydrogen (secondary N) is 1. The summed E-state index contributed by atoms with van der Waals surface area (Å²) in [5.41, 5.74) is 0. The number of carbonyl (C=O) groups excluding carboxylic acids is 3. The van der Waals surface area contributed by atoms with Crippen LogP contribution in [0.5, 0.6) is 0 Å². The Balaban J connectivity index is 1.29. The van der Waals surface area contributed by atoms with Gasteiger partial charge in [0, 0.05) is 19.6 Å². The molecule has 0 spiro atoms. The number of fused-ring (bicyclic) bond motifs is 1. The Labute approximate surface area is 148 Å². The van der Waals surface area contributed by atoms with E-state index < -0.39 is 11.8 Å². The van der Waals surface area contributed by atoms with E-state index in [1.54, 1.807) is 4.90 Å². The van der Waals surface area contributed by atoms with Crippen molar-refractivity contribution in [2.75, 3.05) is 26.7 Å². The highest BCUT2D eigenvalue weighted by atomic mass is 16.5. The summed E-state index contributed by atoms with van der Waals surface area (Å²) in [7, 11) is 1.39. The fourth-order valence-electron chi connectivity index (χ4n) is 4.99. The van der Waals surface area contributed by atoms with E-state index in [0.29, 0.717) is 31.5 Å². The maximum atomic E-state index is 12.5. The maximum Gasteiger partial charge on any atom is 0.311 e. The van der Waals surface area contributed by atoms with Gasteiger partial charge in [0.2, 0.25) is 0 Å². The van der Waals surface area contributed by atoms with E-state index in [1.807, 2.05) is 0 Å². The third-order valence-corrected chi connectivity index (χ3v) is 6.78. The van der Waals surface area contributed by atoms with Gasteiger partial charge in [-0.25, -0.2) is 0 Å². The number of amides is 2. The molecule has 0 aromatic carbocycles. The molecule has 2 amide bonds. The first-order valence-corrected chi connectivity index (χ1v) is 9.71. The van der Waals surface area contributed by atoms with Gasteiger partial charge in [0.25, 0.3) is 0 Å². The van der Waals surface area contributed by atoms with Crippen molar-refractivity contribution in [2.24, 2.45) is 35.5 Å². The molecule has 1 N–H and O–H groups in total. The Morgan fingerprint density at radius 3 is 2.44 bits per heavy atom. The van der Waals surface area contributed by atoms with Crippen LogP contribution in [-0.2, 0) is 19.1 Å². The molecule has 4 rings (SSSR count). The third kappa shape index (κ3) is 3.53. The summed E-state index contributed by atoms with van der Waals surface area (Å²) < 4.78 is 4.89. The lowest BCUT2D eigenvalue weighted by Crippen LogP contribution is -2.44. The Hall–Kier alpha value is -1.59. The van der Waals surface area contributed by atoms with Crippen molar-refractivity contribution in [3.8, 4) is 0 Å². The van der Waals surface area contributed by atoms with Gasteiger partial charge in [0.15, 0.2) is 0 Å². The zero-order valence-corrected chi connectivity index (χ0v) is 14.9. The van der Waals surface area contributed by atoms with Gasteiger partial charge in [0.1, 0.15) is 0 Å². The van der Waals surface area contributed by atoms with Crippen molar-refractivity contribution < 1.29 is 19.1 Å². The SMILES string of the molecule is COC(=O)[C@@H]1CN(C(=O)C(=O)NCC2CCC3CC3C2)C[C@H]1C1CC1. The fourth-order valence-corrected chi connectivity index (χ4v) is 4.99. The molecule has 6 heteroatoms. The summed E-state index contributed by atoms with van der Waals surface area (Å²) in [6, 6.07) is 0. The predicted octanol–water partition coefficient (Wildman–Crippen LogP) is 1.20. The van der Waals surface area contributed by atoms with E-state index in [-0.39, 0.29) is 17.8 Å². The molecule has 0 bridgehead atoms. The molecule has 138 valence electrons. The van der Waals surface area contributed by atoms with Gasteiger partial charge >= 0.3 is 17.8 Å². The Morgan fingerprint density at radius 1 is 1.00 bits per heavy atom.